The lowest BCUT2D eigenvalue weighted by molar-refractivity contribution is -0.139. The molecule has 1 atom stereocenters. The fraction of sp³-hybridized carbons (Fsp3) is 0.300. The van der Waals surface area contributed by atoms with E-state index in [1.807, 2.05) is 0 Å². The van der Waals surface area contributed by atoms with Crippen molar-refractivity contribution < 1.29 is 23.2 Å². The maximum Gasteiger partial charge on any atom is 0.416 e. The zero-order valence-corrected chi connectivity index (χ0v) is 8.53. The van der Waals surface area contributed by atoms with Gasteiger partial charge in [-0.05, 0) is 24.1 Å². The first-order valence-electron chi connectivity index (χ1n) is 4.80. The van der Waals surface area contributed by atoms with E-state index in [9.17, 15) is 23.2 Å². The van der Waals surface area contributed by atoms with E-state index in [0.29, 0.717) is 0 Å². The van der Waals surface area contributed by atoms with Crippen molar-refractivity contribution in [1.29, 1.82) is 0 Å². The van der Waals surface area contributed by atoms with E-state index >= 15 is 0 Å². The van der Waals surface area contributed by atoms with Gasteiger partial charge in [0.1, 0.15) is 0 Å². The van der Waals surface area contributed by atoms with Crippen molar-refractivity contribution in [2.24, 2.45) is 5.73 Å². The number of hydrogen-bond donors (Lipinski definition) is 2. The lowest BCUT2D eigenvalue weighted by Crippen LogP contribution is -2.47. The molecule has 0 saturated heterocycles. The van der Waals surface area contributed by atoms with Gasteiger partial charge >= 0.3 is 6.18 Å². The minimum Gasteiger partial charge on any atom is -0.320 e. The summed E-state index contributed by atoms with van der Waals surface area (Å²) in [6, 6.07) is 2.12. The van der Waals surface area contributed by atoms with E-state index in [0.717, 1.165) is 12.1 Å². The van der Waals surface area contributed by atoms with Crippen LogP contribution in [-0.4, -0.2) is 17.2 Å². The second kappa shape index (κ2) is 3.71. The van der Waals surface area contributed by atoms with Crippen LogP contribution in [-0.2, 0) is 17.4 Å². The molecule has 92 valence electrons. The van der Waals surface area contributed by atoms with Crippen LogP contribution in [0.25, 0.3) is 0 Å². The number of alkyl halides is 3. The number of nitrogens with zero attached hydrogens (tertiary/aromatic N) is 1. The molecule has 0 aliphatic carbocycles. The highest BCUT2D eigenvalue weighted by molar-refractivity contribution is 5.98. The maximum absolute atomic E-state index is 12.7. The van der Waals surface area contributed by atoms with Crippen LogP contribution in [0.15, 0.2) is 18.2 Å². The van der Waals surface area contributed by atoms with Crippen LogP contribution in [0.4, 0.5) is 18.9 Å². The molecule has 0 spiro atoms. The topological polar surface area (TPSA) is 66.6 Å². The molecule has 3 N–H and O–H groups in total. The number of rotatable bonds is 0. The average molecular weight is 246 g/mol. The Morgan fingerprint density at radius 2 is 2.06 bits per heavy atom. The molecule has 17 heavy (non-hydrogen) atoms. The summed E-state index contributed by atoms with van der Waals surface area (Å²) in [7, 11) is 0. The van der Waals surface area contributed by atoms with Crippen molar-refractivity contribution in [2.45, 2.75) is 18.6 Å². The average Bonchev–Trinajstić information content (AvgIpc) is 2.24. The highest BCUT2D eigenvalue weighted by Gasteiger charge is 2.39. The number of nitrogens with two attached hydrogens (primary N) is 1. The van der Waals surface area contributed by atoms with Gasteiger partial charge < -0.3 is 5.73 Å². The molecule has 1 aromatic carbocycles. The Kier molecular flexibility index (Phi) is 2.59. The van der Waals surface area contributed by atoms with E-state index in [2.05, 4.69) is 0 Å². The molecule has 0 radical (unpaired) electrons. The number of hydrogen-bond acceptors (Lipinski definition) is 3. The fourth-order valence-electron chi connectivity index (χ4n) is 1.84. The number of carbonyl (C=O) groups excluding carboxylic acids is 1. The summed E-state index contributed by atoms with van der Waals surface area (Å²) in [5.74, 6) is -0.808. The second-order valence-electron chi connectivity index (χ2n) is 3.76. The van der Waals surface area contributed by atoms with Gasteiger partial charge in [0.15, 0.2) is 0 Å². The smallest absolute Gasteiger partial charge is 0.320 e. The highest BCUT2D eigenvalue weighted by atomic mass is 19.4. The zero-order chi connectivity index (χ0) is 12.8. The molecule has 0 unspecified atom stereocenters. The van der Waals surface area contributed by atoms with Gasteiger partial charge in [-0.1, -0.05) is 6.07 Å². The van der Waals surface area contributed by atoms with Gasteiger partial charge in [-0.2, -0.15) is 18.2 Å². The quantitative estimate of drug-likeness (QED) is 0.678. The van der Waals surface area contributed by atoms with Gasteiger partial charge in [-0.25, -0.2) is 0 Å². The first-order chi connectivity index (χ1) is 7.82. The molecule has 1 amide bonds. The molecule has 1 aliphatic rings. The third kappa shape index (κ3) is 1.87. The molecule has 1 aliphatic heterocycles. The summed E-state index contributed by atoms with van der Waals surface area (Å²) in [5.41, 5.74) is 4.18. The molecule has 0 bridgehead atoms. The molecule has 0 aromatic heterocycles. The summed E-state index contributed by atoms with van der Waals surface area (Å²) in [5, 5.41) is 9.61. The van der Waals surface area contributed by atoms with E-state index < -0.39 is 23.7 Å². The zero-order valence-electron chi connectivity index (χ0n) is 8.53. The van der Waals surface area contributed by atoms with Gasteiger partial charge in [0.05, 0.1) is 17.3 Å². The monoisotopic (exact) mass is 246 g/mol. The molecular formula is C10H9F3N2O2. The number of fused-ring (bicyclic) bond motifs is 1. The van der Waals surface area contributed by atoms with Gasteiger partial charge in [0.2, 0.25) is 0 Å². The van der Waals surface area contributed by atoms with Crippen molar-refractivity contribution in [3.05, 3.63) is 29.3 Å². The van der Waals surface area contributed by atoms with E-state index in [-0.39, 0.29) is 22.7 Å². The summed E-state index contributed by atoms with van der Waals surface area (Å²) in [6.45, 7) is 0. The van der Waals surface area contributed by atoms with Gasteiger partial charge in [0.25, 0.3) is 5.91 Å². The molecular weight excluding hydrogens is 237 g/mol. The third-order valence-corrected chi connectivity index (χ3v) is 2.63. The van der Waals surface area contributed by atoms with Crippen molar-refractivity contribution >= 4 is 11.6 Å². The van der Waals surface area contributed by atoms with Gasteiger partial charge in [-0.3, -0.25) is 10.0 Å². The molecule has 4 nitrogen and oxygen atoms in total. The first-order valence-corrected chi connectivity index (χ1v) is 4.80. The SMILES string of the molecule is N[C@H]1Cc2c(cccc2C(F)(F)F)N(O)C1=O. The van der Waals surface area contributed by atoms with Gasteiger partial charge in [-0.15, -0.1) is 0 Å². The lowest BCUT2D eigenvalue weighted by atomic mass is 9.94. The normalized spacial score (nSPS) is 20.4. The van der Waals surface area contributed by atoms with Crippen LogP contribution in [0.2, 0.25) is 0 Å². The third-order valence-electron chi connectivity index (χ3n) is 2.63. The maximum atomic E-state index is 12.7. The highest BCUT2D eigenvalue weighted by Crippen LogP contribution is 2.38. The van der Waals surface area contributed by atoms with Crippen molar-refractivity contribution in [3.63, 3.8) is 0 Å². The van der Waals surface area contributed by atoms with Crippen LogP contribution in [0, 0.1) is 0 Å². The van der Waals surface area contributed by atoms with Crippen LogP contribution < -0.4 is 10.8 Å². The van der Waals surface area contributed by atoms with Gasteiger partial charge in [0, 0.05) is 0 Å². The molecule has 1 heterocycles. The predicted molar refractivity (Wildman–Crippen MR) is 52.4 cm³/mol. The van der Waals surface area contributed by atoms with E-state index in [1.54, 1.807) is 0 Å². The molecule has 2 rings (SSSR count). The summed E-state index contributed by atoms with van der Waals surface area (Å²) >= 11 is 0. The molecule has 0 fully saturated rings. The molecule has 7 heteroatoms. The van der Waals surface area contributed by atoms with E-state index in [1.165, 1.54) is 6.07 Å². The lowest BCUT2D eigenvalue weighted by Gasteiger charge is -2.29. The second-order valence-corrected chi connectivity index (χ2v) is 3.76. The Bertz CT molecular complexity index is 473. The Labute approximate surface area is 94.4 Å². The van der Waals surface area contributed by atoms with Crippen molar-refractivity contribution in [2.75, 3.05) is 5.06 Å². The van der Waals surface area contributed by atoms with Crippen LogP contribution >= 0.6 is 0 Å². The van der Waals surface area contributed by atoms with Crippen LogP contribution in [0.1, 0.15) is 11.1 Å². The standard InChI is InChI=1S/C10H9F3N2O2/c11-10(12,13)6-2-1-3-8-5(6)4-7(14)9(16)15(8)17/h1-3,7,17H,4,14H2/t7-/m0/s1. The molecule has 1 aromatic rings. The fourth-order valence-corrected chi connectivity index (χ4v) is 1.84. The molecule has 0 saturated carbocycles. The van der Waals surface area contributed by atoms with E-state index in [4.69, 9.17) is 5.73 Å². The minimum absolute atomic E-state index is 0.158. The predicted octanol–water partition coefficient (Wildman–Crippen LogP) is 1.31. The number of hydroxylamine groups is 1. The van der Waals surface area contributed by atoms with Crippen molar-refractivity contribution in [3.8, 4) is 0 Å². The summed E-state index contributed by atoms with van der Waals surface area (Å²) in [4.78, 5) is 11.3. The number of benzene rings is 1. The Morgan fingerprint density at radius 3 is 2.65 bits per heavy atom. The number of halogens is 3. The Balaban J connectivity index is 2.60. The first kappa shape index (κ1) is 11.9. The Hall–Kier alpha value is -1.60. The largest absolute Gasteiger partial charge is 0.416 e. The Morgan fingerprint density at radius 1 is 1.41 bits per heavy atom. The number of amides is 1. The summed E-state index contributed by atoms with van der Waals surface area (Å²) < 4.78 is 38.1. The van der Waals surface area contributed by atoms with Crippen LogP contribution in [0.3, 0.4) is 0 Å². The number of carbonyl (C=O) groups is 1. The minimum atomic E-state index is -4.54. The van der Waals surface area contributed by atoms with Crippen LogP contribution in [0.5, 0.6) is 0 Å². The van der Waals surface area contributed by atoms with Crippen molar-refractivity contribution in [1.82, 2.24) is 0 Å². The summed E-state index contributed by atoms with van der Waals surface area (Å²) in [6.07, 6.45) is -4.77. The number of anilines is 1.